The van der Waals surface area contributed by atoms with Gasteiger partial charge >= 0.3 is 11.9 Å². The number of carbonyl (C=O) groups is 2. The lowest BCUT2D eigenvalue weighted by Gasteiger charge is -2.53. The molecule has 1 aromatic rings. The number of nitrogens with zero attached hydrogens (tertiary/aromatic N) is 2. The Labute approximate surface area is 324 Å². The predicted octanol–water partition coefficient (Wildman–Crippen LogP) is 11.0. The second kappa shape index (κ2) is 20.4. The van der Waals surface area contributed by atoms with Crippen LogP contribution in [0.15, 0.2) is 24.3 Å². The van der Waals surface area contributed by atoms with Crippen molar-refractivity contribution in [2.75, 3.05) is 17.6 Å². The molecule has 0 amide bonds. The van der Waals surface area contributed by atoms with E-state index in [1.54, 1.807) is 24.3 Å². The Hall–Kier alpha value is -1.27. The highest BCUT2D eigenvalue weighted by Crippen LogP contribution is 2.41. The summed E-state index contributed by atoms with van der Waals surface area (Å²) in [5.74, 6) is -0.840. The highest BCUT2D eigenvalue weighted by atomic mass is 127. The molecule has 8 nitrogen and oxygen atoms in total. The van der Waals surface area contributed by atoms with Crippen LogP contribution in [0.3, 0.4) is 0 Å². The smallest absolute Gasteiger partial charge is 0.338 e. The lowest BCUT2D eigenvalue weighted by molar-refractivity contribution is -0.292. The molecule has 2 saturated heterocycles. The number of ether oxygens (including phenoxy) is 2. The Morgan fingerprint density at radius 2 is 0.961 bits per heavy atom. The van der Waals surface area contributed by atoms with Crippen LogP contribution in [-0.4, -0.2) is 74.1 Å². The van der Waals surface area contributed by atoms with Crippen LogP contribution in [0.2, 0.25) is 0 Å². The standard InChI is InChI=1S/C42H71IN2O6/c1-10-11-12-13-17-20-26-48-44-39(2,3)29-35(30-40(44,4)5)50-37(46)33-23-22-24-34(28-33)38(47)51-36-31-41(6,7)45(42(8,9)32-36)49-27-21-18-15-14-16-19-25-43/h22-24,28,35-36H,10-21,25-27,29-32H2,1-9H3. The third-order valence-corrected chi connectivity index (χ3v) is 11.2. The van der Waals surface area contributed by atoms with E-state index in [1.807, 2.05) is 0 Å². The normalized spacial score (nSPS) is 20.7. The zero-order valence-corrected chi connectivity index (χ0v) is 35.8. The maximum atomic E-state index is 13.5. The molecule has 0 spiro atoms. The summed E-state index contributed by atoms with van der Waals surface area (Å²) in [6.07, 6.45) is 16.8. The number of hydroxylamine groups is 4. The van der Waals surface area contributed by atoms with Crippen molar-refractivity contribution >= 4 is 34.5 Å². The van der Waals surface area contributed by atoms with Crippen LogP contribution in [-0.2, 0) is 19.1 Å². The van der Waals surface area contributed by atoms with Gasteiger partial charge in [-0.2, -0.15) is 10.1 Å². The molecule has 1 aromatic carbocycles. The number of halogens is 1. The maximum absolute atomic E-state index is 13.5. The van der Waals surface area contributed by atoms with Crippen LogP contribution < -0.4 is 0 Å². The van der Waals surface area contributed by atoms with Crippen LogP contribution in [0.4, 0.5) is 0 Å². The zero-order chi connectivity index (χ0) is 37.7. The van der Waals surface area contributed by atoms with Crippen LogP contribution in [0, 0.1) is 0 Å². The van der Waals surface area contributed by atoms with Crippen molar-refractivity contribution < 1.29 is 28.7 Å². The van der Waals surface area contributed by atoms with E-state index >= 15 is 0 Å². The minimum atomic E-state index is -0.420. The van der Waals surface area contributed by atoms with E-state index in [4.69, 9.17) is 19.1 Å². The minimum Gasteiger partial charge on any atom is -0.459 e. The molecule has 0 aromatic heterocycles. The van der Waals surface area contributed by atoms with Crippen molar-refractivity contribution in [1.29, 1.82) is 0 Å². The Kier molecular flexibility index (Phi) is 17.7. The lowest BCUT2D eigenvalue weighted by atomic mass is 9.80. The van der Waals surface area contributed by atoms with Gasteiger partial charge in [-0.25, -0.2) is 9.59 Å². The van der Waals surface area contributed by atoms with E-state index in [0.717, 1.165) is 12.8 Å². The fraction of sp³-hybridized carbons (Fsp3) is 0.810. The fourth-order valence-electron chi connectivity index (χ4n) is 8.52. The number of benzene rings is 1. The SMILES string of the molecule is CCCCCCCCON1C(C)(C)CC(OC(=O)c2cccc(C(=O)OC3CC(C)(C)N(OCCCCCCCCI)C(C)(C)C3)c2)CC1(C)C. The van der Waals surface area contributed by atoms with Gasteiger partial charge in [-0.1, -0.05) is 93.4 Å². The van der Waals surface area contributed by atoms with E-state index in [2.05, 4.69) is 95.0 Å². The van der Waals surface area contributed by atoms with Gasteiger partial charge in [0.1, 0.15) is 12.2 Å². The second-order valence-electron chi connectivity index (χ2n) is 17.5. The molecule has 0 saturated carbocycles. The molecular formula is C42H71IN2O6. The van der Waals surface area contributed by atoms with Gasteiger partial charge in [0.2, 0.25) is 0 Å². The van der Waals surface area contributed by atoms with Gasteiger partial charge in [-0.05, 0) is 97.3 Å². The van der Waals surface area contributed by atoms with Gasteiger partial charge in [0.15, 0.2) is 0 Å². The highest BCUT2D eigenvalue weighted by Gasteiger charge is 2.49. The Morgan fingerprint density at radius 3 is 1.33 bits per heavy atom. The first kappa shape index (κ1) is 44.1. The van der Waals surface area contributed by atoms with Crippen LogP contribution >= 0.6 is 22.6 Å². The molecule has 2 aliphatic rings. The van der Waals surface area contributed by atoms with E-state index in [0.29, 0.717) is 50.0 Å². The van der Waals surface area contributed by atoms with Crippen molar-refractivity contribution in [2.24, 2.45) is 0 Å². The fourth-order valence-corrected chi connectivity index (χ4v) is 9.06. The van der Waals surface area contributed by atoms with E-state index in [1.165, 1.54) is 68.6 Å². The van der Waals surface area contributed by atoms with Crippen molar-refractivity contribution in [3.8, 4) is 0 Å². The monoisotopic (exact) mass is 826 g/mol. The average molecular weight is 827 g/mol. The average Bonchev–Trinajstić information content (AvgIpc) is 3.02. The predicted molar refractivity (Wildman–Crippen MR) is 215 cm³/mol. The van der Waals surface area contributed by atoms with Crippen LogP contribution in [0.25, 0.3) is 0 Å². The zero-order valence-electron chi connectivity index (χ0n) is 33.6. The van der Waals surface area contributed by atoms with Crippen LogP contribution in [0.5, 0.6) is 0 Å². The summed E-state index contributed by atoms with van der Waals surface area (Å²) in [4.78, 5) is 39.7. The van der Waals surface area contributed by atoms with Gasteiger partial charge in [0, 0.05) is 47.8 Å². The number of carbonyl (C=O) groups excluding carboxylic acids is 2. The minimum absolute atomic E-state index is 0.269. The first-order chi connectivity index (χ1) is 24.0. The molecule has 292 valence electrons. The lowest BCUT2D eigenvalue weighted by Crippen LogP contribution is -2.62. The molecule has 2 aliphatic heterocycles. The molecule has 0 atom stereocenters. The molecule has 0 bridgehead atoms. The summed E-state index contributed by atoms with van der Waals surface area (Å²) < 4.78 is 13.5. The first-order valence-electron chi connectivity index (χ1n) is 20.0. The van der Waals surface area contributed by atoms with Crippen molar-refractivity contribution in [3.05, 3.63) is 35.4 Å². The van der Waals surface area contributed by atoms with E-state index in [-0.39, 0.29) is 34.4 Å². The number of alkyl halides is 1. The van der Waals surface area contributed by atoms with Gasteiger partial charge in [-0.15, -0.1) is 0 Å². The molecule has 3 rings (SSSR count). The summed E-state index contributed by atoms with van der Waals surface area (Å²) in [7, 11) is 0. The number of rotatable bonds is 21. The Bertz CT molecular complexity index is 1180. The molecule has 0 unspecified atom stereocenters. The Morgan fingerprint density at radius 1 is 0.608 bits per heavy atom. The number of unbranched alkanes of at least 4 members (excludes halogenated alkanes) is 10. The molecule has 51 heavy (non-hydrogen) atoms. The van der Waals surface area contributed by atoms with Crippen molar-refractivity contribution in [1.82, 2.24) is 10.1 Å². The number of hydrogen-bond donors (Lipinski definition) is 0. The summed E-state index contributed by atoms with van der Waals surface area (Å²) in [6, 6.07) is 6.76. The van der Waals surface area contributed by atoms with Crippen molar-refractivity contribution in [3.63, 3.8) is 0 Å². The largest absolute Gasteiger partial charge is 0.459 e. The molecule has 0 N–H and O–H groups in total. The molecule has 2 fully saturated rings. The summed E-state index contributed by atoms with van der Waals surface area (Å²) in [5, 5.41) is 4.26. The van der Waals surface area contributed by atoms with Gasteiger partial charge < -0.3 is 9.47 Å². The highest BCUT2D eigenvalue weighted by molar-refractivity contribution is 14.1. The van der Waals surface area contributed by atoms with Gasteiger partial charge in [0.05, 0.1) is 24.3 Å². The Balaban J connectivity index is 1.52. The second-order valence-corrected chi connectivity index (χ2v) is 18.6. The number of hydrogen-bond acceptors (Lipinski definition) is 8. The van der Waals surface area contributed by atoms with E-state index < -0.39 is 11.9 Å². The maximum Gasteiger partial charge on any atom is 0.338 e. The molecule has 0 aliphatic carbocycles. The van der Waals surface area contributed by atoms with Crippen LogP contribution in [0.1, 0.15) is 186 Å². The molecule has 0 radical (unpaired) electrons. The molecular weight excluding hydrogens is 755 g/mol. The first-order valence-corrected chi connectivity index (χ1v) is 21.5. The number of esters is 2. The summed E-state index contributed by atoms with van der Waals surface area (Å²) in [6.45, 7) is 20.9. The molecule has 2 heterocycles. The third kappa shape index (κ3) is 13.8. The van der Waals surface area contributed by atoms with Gasteiger partial charge in [-0.3, -0.25) is 9.68 Å². The van der Waals surface area contributed by atoms with Gasteiger partial charge in [0.25, 0.3) is 0 Å². The molecule has 9 heteroatoms. The quantitative estimate of drug-likeness (QED) is 0.0525. The summed E-state index contributed by atoms with van der Waals surface area (Å²) >= 11 is 2.45. The van der Waals surface area contributed by atoms with Crippen molar-refractivity contribution in [2.45, 2.75) is 199 Å². The number of piperidine rings is 2. The van der Waals surface area contributed by atoms with E-state index in [9.17, 15) is 9.59 Å². The summed E-state index contributed by atoms with van der Waals surface area (Å²) in [5.41, 5.74) is -0.525. The topological polar surface area (TPSA) is 77.5 Å². The third-order valence-electron chi connectivity index (χ3n) is 10.5.